The van der Waals surface area contributed by atoms with E-state index in [1.54, 1.807) is 6.92 Å². The molecule has 21 heavy (non-hydrogen) atoms. The fraction of sp³-hybridized carbons (Fsp3) is 0.538. The van der Waals surface area contributed by atoms with Gasteiger partial charge in [0.2, 0.25) is 10.0 Å². The molecule has 1 aromatic rings. The summed E-state index contributed by atoms with van der Waals surface area (Å²) in [6.07, 6.45) is -3.53. The van der Waals surface area contributed by atoms with Crippen molar-refractivity contribution in [1.82, 2.24) is 4.72 Å². The molecule has 1 heterocycles. The number of nitrogens with one attached hydrogen (secondary N) is 1. The maximum Gasteiger partial charge on any atom is 0.417 e. The second kappa shape index (κ2) is 5.94. The maximum absolute atomic E-state index is 12.9. The largest absolute Gasteiger partial charge is 0.417 e. The number of benzene rings is 1. The van der Waals surface area contributed by atoms with E-state index in [2.05, 4.69) is 4.72 Å². The molecule has 0 aromatic heterocycles. The van der Waals surface area contributed by atoms with Gasteiger partial charge in [-0.05, 0) is 31.9 Å². The van der Waals surface area contributed by atoms with Crippen LogP contribution in [0.15, 0.2) is 29.2 Å². The minimum Gasteiger partial charge on any atom is -0.377 e. The number of sulfonamides is 1. The zero-order valence-corrected chi connectivity index (χ0v) is 12.2. The summed E-state index contributed by atoms with van der Waals surface area (Å²) < 4.78 is 70.7. The highest BCUT2D eigenvalue weighted by molar-refractivity contribution is 7.89. The quantitative estimate of drug-likeness (QED) is 0.926. The lowest BCUT2D eigenvalue weighted by atomic mass is 10.1. The molecule has 1 aliphatic rings. The van der Waals surface area contributed by atoms with E-state index in [1.165, 1.54) is 6.07 Å². The third-order valence-corrected chi connectivity index (χ3v) is 4.96. The molecule has 1 aromatic carbocycles. The van der Waals surface area contributed by atoms with Gasteiger partial charge >= 0.3 is 6.18 Å². The monoisotopic (exact) mass is 323 g/mol. The molecular weight excluding hydrogens is 307 g/mol. The molecule has 1 aliphatic heterocycles. The lowest BCUT2D eigenvalue weighted by Gasteiger charge is -2.21. The van der Waals surface area contributed by atoms with E-state index < -0.39 is 32.7 Å². The summed E-state index contributed by atoms with van der Waals surface area (Å²) in [6, 6.07) is 3.55. The van der Waals surface area contributed by atoms with Gasteiger partial charge in [-0.3, -0.25) is 0 Å². The Morgan fingerprint density at radius 2 is 2.00 bits per heavy atom. The van der Waals surface area contributed by atoms with Gasteiger partial charge in [0.25, 0.3) is 0 Å². The average Bonchev–Trinajstić information content (AvgIpc) is 2.91. The van der Waals surface area contributed by atoms with Gasteiger partial charge in [0.1, 0.15) is 0 Å². The predicted molar refractivity (Wildman–Crippen MR) is 70.2 cm³/mol. The molecule has 8 heteroatoms. The highest BCUT2D eigenvalue weighted by Crippen LogP contribution is 2.34. The molecule has 0 bridgehead atoms. The molecule has 0 radical (unpaired) electrons. The van der Waals surface area contributed by atoms with E-state index in [1.807, 2.05) is 0 Å². The van der Waals surface area contributed by atoms with Gasteiger partial charge in [-0.1, -0.05) is 12.1 Å². The first-order valence-corrected chi connectivity index (χ1v) is 8.00. The number of alkyl halides is 3. The Balaban J connectivity index is 2.27. The number of ether oxygens (including phenoxy) is 1. The standard InChI is InChI=1S/C13H16F3NO3S/c1-9(11-6-4-8-20-11)17-21(18,19)12-7-3-2-5-10(12)13(14,15)16/h2-3,5,7,9,11,17H,4,6,8H2,1H3/t9-,11-/m1/s1. The van der Waals surface area contributed by atoms with Crippen LogP contribution in [0, 0.1) is 0 Å². The van der Waals surface area contributed by atoms with Crippen molar-refractivity contribution >= 4 is 10.0 Å². The average molecular weight is 323 g/mol. The first kappa shape index (κ1) is 16.3. The molecule has 1 saturated heterocycles. The van der Waals surface area contributed by atoms with Crippen LogP contribution >= 0.6 is 0 Å². The van der Waals surface area contributed by atoms with Gasteiger partial charge in [0, 0.05) is 12.6 Å². The molecule has 1 fully saturated rings. The maximum atomic E-state index is 12.9. The zero-order valence-electron chi connectivity index (χ0n) is 11.4. The molecule has 0 saturated carbocycles. The highest BCUT2D eigenvalue weighted by Gasteiger charge is 2.37. The van der Waals surface area contributed by atoms with Crippen LogP contribution in [0.3, 0.4) is 0 Å². The molecular formula is C13H16F3NO3S. The van der Waals surface area contributed by atoms with Crippen molar-refractivity contribution < 1.29 is 26.3 Å². The minimum absolute atomic E-state index is 0.308. The summed E-state index contributed by atoms with van der Waals surface area (Å²) in [5.74, 6) is 0. The van der Waals surface area contributed by atoms with E-state index in [0.717, 1.165) is 24.6 Å². The molecule has 118 valence electrons. The van der Waals surface area contributed by atoms with Crippen molar-refractivity contribution in [3.63, 3.8) is 0 Å². The van der Waals surface area contributed by atoms with Gasteiger partial charge < -0.3 is 4.74 Å². The number of hydrogen-bond acceptors (Lipinski definition) is 3. The van der Waals surface area contributed by atoms with Crippen LogP contribution in [0.2, 0.25) is 0 Å². The third kappa shape index (κ3) is 3.75. The Labute approximate surface area is 121 Å². The van der Waals surface area contributed by atoms with Crippen LogP contribution in [-0.4, -0.2) is 27.2 Å². The molecule has 0 unspecified atom stereocenters. The van der Waals surface area contributed by atoms with Crippen molar-refractivity contribution in [3.8, 4) is 0 Å². The lowest BCUT2D eigenvalue weighted by Crippen LogP contribution is -2.41. The van der Waals surface area contributed by atoms with Gasteiger partial charge in [-0.25, -0.2) is 13.1 Å². The van der Waals surface area contributed by atoms with Crippen molar-refractivity contribution in [2.24, 2.45) is 0 Å². The van der Waals surface area contributed by atoms with E-state index in [4.69, 9.17) is 4.74 Å². The fourth-order valence-corrected chi connectivity index (χ4v) is 3.82. The Hall–Kier alpha value is -1.12. The van der Waals surface area contributed by atoms with E-state index in [9.17, 15) is 21.6 Å². The summed E-state index contributed by atoms with van der Waals surface area (Å²) in [4.78, 5) is -0.762. The number of halogens is 3. The van der Waals surface area contributed by atoms with Crippen molar-refractivity contribution in [1.29, 1.82) is 0 Å². The summed E-state index contributed by atoms with van der Waals surface area (Å²) in [5, 5.41) is 0. The summed E-state index contributed by atoms with van der Waals surface area (Å²) in [7, 11) is -4.26. The lowest BCUT2D eigenvalue weighted by molar-refractivity contribution is -0.139. The number of hydrogen-bond donors (Lipinski definition) is 1. The Morgan fingerprint density at radius 3 is 2.57 bits per heavy atom. The fourth-order valence-electron chi connectivity index (χ4n) is 2.32. The first-order valence-electron chi connectivity index (χ1n) is 6.52. The second-order valence-electron chi connectivity index (χ2n) is 4.96. The van der Waals surface area contributed by atoms with Crippen molar-refractivity contribution in [2.75, 3.05) is 6.61 Å². The van der Waals surface area contributed by atoms with Gasteiger partial charge in [-0.2, -0.15) is 13.2 Å². The molecule has 0 amide bonds. The normalized spacial score (nSPS) is 21.4. The van der Waals surface area contributed by atoms with Crippen LogP contribution in [0.25, 0.3) is 0 Å². The van der Waals surface area contributed by atoms with Crippen LogP contribution in [0.4, 0.5) is 13.2 Å². The van der Waals surface area contributed by atoms with Crippen LogP contribution in [0.1, 0.15) is 25.3 Å². The first-order chi connectivity index (χ1) is 9.72. The smallest absolute Gasteiger partial charge is 0.377 e. The molecule has 2 atom stereocenters. The highest BCUT2D eigenvalue weighted by atomic mass is 32.2. The SMILES string of the molecule is C[C@@H](NS(=O)(=O)c1ccccc1C(F)(F)F)[C@H]1CCCO1. The minimum atomic E-state index is -4.72. The molecule has 0 spiro atoms. The number of rotatable bonds is 4. The topological polar surface area (TPSA) is 55.4 Å². The molecule has 2 rings (SSSR count). The third-order valence-electron chi connectivity index (χ3n) is 3.35. The predicted octanol–water partition coefficient (Wildman–Crippen LogP) is 2.55. The van der Waals surface area contributed by atoms with Crippen molar-refractivity contribution in [3.05, 3.63) is 29.8 Å². The van der Waals surface area contributed by atoms with Gasteiger partial charge in [0.15, 0.2) is 0 Å². The second-order valence-corrected chi connectivity index (χ2v) is 6.64. The summed E-state index contributed by atoms with van der Waals surface area (Å²) in [5.41, 5.74) is -1.17. The van der Waals surface area contributed by atoms with Crippen LogP contribution < -0.4 is 4.72 Å². The van der Waals surface area contributed by atoms with E-state index >= 15 is 0 Å². The molecule has 1 N–H and O–H groups in total. The van der Waals surface area contributed by atoms with Gasteiger partial charge in [-0.15, -0.1) is 0 Å². The van der Waals surface area contributed by atoms with Gasteiger partial charge in [0.05, 0.1) is 16.6 Å². The van der Waals surface area contributed by atoms with E-state index in [-0.39, 0.29) is 6.10 Å². The van der Waals surface area contributed by atoms with Crippen LogP contribution in [0.5, 0.6) is 0 Å². The Morgan fingerprint density at radius 1 is 1.33 bits per heavy atom. The summed E-state index contributed by atoms with van der Waals surface area (Å²) >= 11 is 0. The molecule has 0 aliphatic carbocycles. The Bertz CT molecular complexity index is 595. The summed E-state index contributed by atoms with van der Waals surface area (Å²) in [6.45, 7) is 2.12. The molecule has 4 nitrogen and oxygen atoms in total. The van der Waals surface area contributed by atoms with Crippen LogP contribution in [-0.2, 0) is 20.9 Å². The van der Waals surface area contributed by atoms with E-state index in [0.29, 0.717) is 13.0 Å². The van der Waals surface area contributed by atoms with Crippen molar-refractivity contribution in [2.45, 2.75) is 43.0 Å². The Kier molecular flexibility index (Phi) is 4.60. The zero-order chi connectivity index (χ0) is 15.7.